The van der Waals surface area contributed by atoms with Gasteiger partial charge in [0.05, 0.1) is 0 Å². The van der Waals surface area contributed by atoms with E-state index in [9.17, 15) is 9.18 Å². The minimum absolute atomic E-state index is 0.0461. The lowest BCUT2D eigenvalue weighted by atomic mass is 10.0. The van der Waals surface area contributed by atoms with Gasteiger partial charge < -0.3 is 5.32 Å². The molecule has 0 saturated heterocycles. The molecule has 1 amide bonds. The van der Waals surface area contributed by atoms with Gasteiger partial charge in [-0.05, 0) is 47.7 Å². The van der Waals surface area contributed by atoms with Gasteiger partial charge >= 0.3 is 0 Å². The maximum Gasteiger partial charge on any atom is 0.220 e. The second-order valence-corrected chi connectivity index (χ2v) is 6.16. The summed E-state index contributed by atoms with van der Waals surface area (Å²) < 4.78 is 13.8. The summed E-state index contributed by atoms with van der Waals surface area (Å²) in [6.07, 6.45) is 5.51. The zero-order valence-electron chi connectivity index (χ0n) is 14.5. The number of nitrogens with one attached hydrogen (secondary N) is 1. The zero-order valence-corrected chi connectivity index (χ0v) is 14.5. The Labute approximate surface area is 152 Å². The van der Waals surface area contributed by atoms with Crippen molar-refractivity contribution in [1.29, 1.82) is 0 Å². The first-order valence-corrected chi connectivity index (χ1v) is 8.72. The monoisotopic (exact) mass is 348 g/mol. The lowest BCUT2D eigenvalue weighted by Gasteiger charge is -2.07. The number of benzene rings is 2. The average molecular weight is 348 g/mol. The van der Waals surface area contributed by atoms with E-state index in [-0.39, 0.29) is 11.7 Å². The fraction of sp³-hybridized carbons (Fsp3) is 0.182. The fourth-order valence-electron chi connectivity index (χ4n) is 2.79. The Balaban J connectivity index is 1.45. The maximum absolute atomic E-state index is 13.8. The minimum Gasteiger partial charge on any atom is -0.352 e. The van der Waals surface area contributed by atoms with E-state index in [1.807, 2.05) is 42.5 Å². The number of carbonyl (C=O) groups excluding carboxylic acids is 1. The second-order valence-electron chi connectivity index (χ2n) is 6.16. The van der Waals surface area contributed by atoms with Crippen molar-refractivity contribution in [2.75, 3.05) is 0 Å². The van der Waals surface area contributed by atoms with Crippen LogP contribution < -0.4 is 5.32 Å². The molecule has 0 atom stereocenters. The third-order valence-electron chi connectivity index (χ3n) is 4.25. The van der Waals surface area contributed by atoms with Gasteiger partial charge in [-0.15, -0.1) is 0 Å². The van der Waals surface area contributed by atoms with Crippen molar-refractivity contribution in [3.8, 4) is 11.1 Å². The third kappa shape index (κ3) is 4.99. The molecule has 0 saturated carbocycles. The van der Waals surface area contributed by atoms with Crippen molar-refractivity contribution in [3.05, 3.63) is 90.0 Å². The normalized spacial score (nSPS) is 10.5. The number of aryl methyl sites for hydroxylation is 1. The van der Waals surface area contributed by atoms with E-state index in [2.05, 4.69) is 10.3 Å². The van der Waals surface area contributed by atoms with Crippen molar-refractivity contribution in [3.63, 3.8) is 0 Å². The number of hydrogen-bond donors (Lipinski definition) is 1. The number of nitrogens with zero attached hydrogens (tertiary/aromatic N) is 1. The van der Waals surface area contributed by atoms with Crippen LogP contribution in [0, 0.1) is 5.82 Å². The van der Waals surface area contributed by atoms with Gasteiger partial charge in [0, 0.05) is 30.9 Å². The van der Waals surface area contributed by atoms with Gasteiger partial charge in [-0.1, -0.05) is 42.5 Å². The molecule has 0 aliphatic rings. The zero-order chi connectivity index (χ0) is 18.2. The Bertz CT molecular complexity index is 848. The molecule has 0 radical (unpaired) electrons. The molecular formula is C22H21FN2O. The SMILES string of the molecule is O=C(CCCc1ccc(-c2ccccc2F)cc1)NCc1ccncc1. The molecule has 0 aliphatic heterocycles. The molecule has 0 unspecified atom stereocenters. The molecule has 1 N–H and O–H groups in total. The number of pyridine rings is 1. The molecule has 1 aromatic heterocycles. The molecule has 2 aromatic carbocycles. The van der Waals surface area contributed by atoms with Gasteiger partial charge in [0.15, 0.2) is 0 Å². The fourth-order valence-corrected chi connectivity index (χ4v) is 2.79. The van der Waals surface area contributed by atoms with Gasteiger partial charge in [0.25, 0.3) is 0 Å². The Morgan fingerprint density at radius 2 is 1.65 bits per heavy atom. The van der Waals surface area contributed by atoms with Crippen LogP contribution in [-0.4, -0.2) is 10.9 Å². The van der Waals surface area contributed by atoms with E-state index in [1.165, 1.54) is 6.07 Å². The molecule has 0 bridgehead atoms. The average Bonchev–Trinajstić information content (AvgIpc) is 2.68. The molecule has 0 fully saturated rings. The molecule has 132 valence electrons. The molecule has 3 aromatic rings. The summed E-state index contributed by atoms with van der Waals surface area (Å²) in [5.74, 6) is -0.170. The summed E-state index contributed by atoms with van der Waals surface area (Å²) in [5, 5.41) is 2.91. The summed E-state index contributed by atoms with van der Waals surface area (Å²) in [5.41, 5.74) is 3.65. The highest BCUT2D eigenvalue weighted by Gasteiger charge is 2.05. The number of rotatable bonds is 7. The Kier molecular flexibility index (Phi) is 6.09. The van der Waals surface area contributed by atoms with Crippen molar-refractivity contribution in [1.82, 2.24) is 10.3 Å². The Morgan fingerprint density at radius 1 is 0.923 bits per heavy atom. The van der Waals surface area contributed by atoms with Crippen LogP contribution >= 0.6 is 0 Å². The van der Waals surface area contributed by atoms with E-state index in [0.29, 0.717) is 18.5 Å². The predicted molar refractivity (Wildman–Crippen MR) is 101 cm³/mol. The first-order valence-electron chi connectivity index (χ1n) is 8.72. The summed E-state index contributed by atoms with van der Waals surface area (Å²) >= 11 is 0. The first kappa shape index (κ1) is 17.8. The van der Waals surface area contributed by atoms with Crippen molar-refractivity contribution >= 4 is 5.91 Å². The molecule has 3 rings (SSSR count). The molecular weight excluding hydrogens is 327 g/mol. The van der Waals surface area contributed by atoms with Crippen molar-refractivity contribution in [2.24, 2.45) is 0 Å². The molecule has 1 heterocycles. The van der Waals surface area contributed by atoms with E-state index in [4.69, 9.17) is 0 Å². The molecule has 26 heavy (non-hydrogen) atoms. The van der Waals surface area contributed by atoms with Crippen LogP contribution in [0.4, 0.5) is 4.39 Å². The van der Waals surface area contributed by atoms with E-state index >= 15 is 0 Å². The summed E-state index contributed by atoms with van der Waals surface area (Å²) in [6, 6.07) is 18.4. The molecule has 4 heteroatoms. The van der Waals surface area contributed by atoms with Crippen LogP contribution in [0.3, 0.4) is 0 Å². The largest absolute Gasteiger partial charge is 0.352 e. The smallest absolute Gasteiger partial charge is 0.220 e. The van der Waals surface area contributed by atoms with E-state index < -0.39 is 0 Å². The highest BCUT2D eigenvalue weighted by atomic mass is 19.1. The van der Waals surface area contributed by atoms with Crippen LogP contribution in [0.2, 0.25) is 0 Å². The number of hydrogen-bond acceptors (Lipinski definition) is 2. The standard InChI is InChI=1S/C22H21FN2O/c23-21-6-2-1-5-20(21)19-10-8-17(9-11-19)4-3-7-22(26)25-16-18-12-14-24-15-13-18/h1-2,5-6,8-15H,3-4,7,16H2,(H,25,26). The van der Waals surface area contributed by atoms with Crippen molar-refractivity contribution in [2.45, 2.75) is 25.8 Å². The Morgan fingerprint density at radius 3 is 2.38 bits per heavy atom. The van der Waals surface area contributed by atoms with Gasteiger partial charge in [0.1, 0.15) is 5.82 Å². The van der Waals surface area contributed by atoms with Gasteiger partial charge in [0.2, 0.25) is 5.91 Å². The van der Waals surface area contributed by atoms with E-state index in [0.717, 1.165) is 29.5 Å². The minimum atomic E-state index is -0.217. The first-order chi connectivity index (χ1) is 12.7. The number of halogens is 1. The number of aromatic nitrogens is 1. The van der Waals surface area contributed by atoms with E-state index in [1.54, 1.807) is 24.5 Å². The quantitative estimate of drug-likeness (QED) is 0.682. The Hall–Kier alpha value is -3.01. The second kappa shape index (κ2) is 8.90. The maximum atomic E-state index is 13.8. The van der Waals surface area contributed by atoms with Crippen LogP contribution in [0.5, 0.6) is 0 Å². The number of amides is 1. The lowest BCUT2D eigenvalue weighted by Crippen LogP contribution is -2.22. The molecule has 0 aliphatic carbocycles. The highest BCUT2D eigenvalue weighted by Crippen LogP contribution is 2.23. The van der Waals surface area contributed by atoms with Crippen LogP contribution in [-0.2, 0) is 17.8 Å². The topological polar surface area (TPSA) is 42.0 Å². The highest BCUT2D eigenvalue weighted by molar-refractivity contribution is 5.75. The van der Waals surface area contributed by atoms with Crippen LogP contribution in [0.1, 0.15) is 24.0 Å². The molecule has 0 spiro atoms. The summed E-state index contributed by atoms with van der Waals surface area (Å²) in [4.78, 5) is 15.9. The molecule has 3 nitrogen and oxygen atoms in total. The van der Waals surface area contributed by atoms with Crippen molar-refractivity contribution < 1.29 is 9.18 Å². The van der Waals surface area contributed by atoms with Gasteiger partial charge in [-0.3, -0.25) is 9.78 Å². The third-order valence-corrected chi connectivity index (χ3v) is 4.25. The van der Waals surface area contributed by atoms with Crippen LogP contribution in [0.15, 0.2) is 73.1 Å². The number of carbonyl (C=O) groups is 1. The summed E-state index contributed by atoms with van der Waals surface area (Å²) in [6.45, 7) is 0.526. The van der Waals surface area contributed by atoms with Gasteiger partial charge in [-0.2, -0.15) is 0 Å². The van der Waals surface area contributed by atoms with Gasteiger partial charge in [-0.25, -0.2) is 4.39 Å². The lowest BCUT2D eigenvalue weighted by molar-refractivity contribution is -0.121. The summed E-state index contributed by atoms with van der Waals surface area (Å²) in [7, 11) is 0. The predicted octanol–water partition coefficient (Wildman–Crippen LogP) is 4.53. The van der Waals surface area contributed by atoms with Crippen LogP contribution in [0.25, 0.3) is 11.1 Å².